The van der Waals surface area contributed by atoms with E-state index >= 15 is 0 Å². The van der Waals surface area contributed by atoms with Gasteiger partial charge in [0, 0.05) is 64.6 Å². The molecule has 13 rings (SSSR count). The topological polar surface area (TPSA) is 56.5 Å². The minimum Gasteiger partial charge on any atom is -0.309 e. The first-order valence-electron chi connectivity index (χ1n) is 22.8. The fraction of sp³-hybridized carbons (Fsp3) is 0. The van der Waals surface area contributed by atoms with Gasteiger partial charge in [-0.05, 0) is 52.6 Å². The van der Waals surface area contributed by atoms with E-state index in [0.29, 0.717) is 17.5 Å². The van der Waals surface area contributed by atoms with Gasteiger partial charge in [-0.2, -0.15) is 0 Å². The average Bonchev–Trinajstić information content (AvgIpc) is 3.99. The third-order valence-corrected chi connectivity index (χ3v) is 14.1. The van der Waals surface area contributed by atoms with Crippen molar-refractivity contribution in [3.05, 3.63) is 237 Å². The quantitative estimate of drug-likeness (QED) is 0.153. The van der Waals surface area contributed by atoms with E-state index in [4.69, 9.17) is 19.9 Å². The average molecular weight is 886 g/mol. The molecule has 0 saturated carbocycles. The van der Waals surface area contributed by atoms with Crippen molar-refractivity contribution in [3.63, 3.8) is 0 Å². The van der Waals surface area contributed by atoms with Crippen LogP contribution in [0, 0.1) is 0 Å². The largest absolute Gasteiger partial charge is 0.309 e. The molecule has 0 amide bonds. The molecule has 0 atom stereocenters. The van der Waals surface area contributed by atoms with E-state index in [0.717, 1.165) is 61.3 Å². The second kappa shape index (κ2) is 16.5. The van der Waals surface area contributed by atoms with Gasteiger partial charge in [0.15, 0.2) is 17.5 Å². The molecular formula is C62H39N5S. The number of pyridine rings is 1. The molecule has 0 N–H and O–H groups in total. The molecule has 9 aromatic carbocycles. The van der Waals surface area contributed by atoms with Gasteiger partial charge in [0.25, 0.3) is 0 Å². The molecule has 6 heteroatoms. The molecule has 0 bridgehead atoms. The molecule has 13 aromatic rings. The van der Waals surface area contributed by atoms with Crippen LogP contribution < -0.4 is 0 Å². The van der Waals surface area contributed by atoms with E-state index in [1.165, 1.54) is 47.8 Å². The van der Waals surface area contributed by atoms with Crippen LogP contribution in [0.15, 0.2) is 237 Å². The summed E-state index contributed by atoms with van der Waals surface area (Å²) in [5.41, 5.74) is 15.0. The highest BCUT2D eigenvalue weighted by Crippen LogP contribution is 2.50. The Bertz CT molecular complexity index is 3940. The highest BCUT2D eigenvalue weighted by Gasteiger charge is 2.23. The van der Waals surface area contributed by atoms with Gasteiger partial charge in [-0.3, -0.25) is 0 Å². The molecule has 0 fully saturated rings. The lowest BCUT2D eigenvalue weighted by molar-refractivity contribution is 1.07. The fourth-order valence-electron chi connectivity index (χ4n) is 9.64. The Morgan fingerprint density at radius 2 is 0.779 bits per heavy atom. The predicted molar refractivity (Wildman–Crippen MR) is 283 cm³/mol. The minimum absolute atomic E-state index is 0.615. The van der Waals surface area contributed by atoms with E-state index in [2.05, 4.69) is 211 Å². The van der Waals surface area contributed by atoms with Gasteiger partial charge in [0.05, 0.1) is 22.2 Å². The standard InChI is InChI=1S/C62H39N5S/c1-4-17-42(18-5-1)55-56-57(63-52-28-13-10-27-51(52)59(56)68-58(55)44-19-6-2-7-20-44)43-35-31-40(32-36-43)41-33-37-46(38-34-41)61-64-60(45-21-8-3-9-22-45)65-62(66-61)47-23-16-24-48(39-47)67-53-29-14-11-25-49(53)50-26-12-15-30-54(50)67/h1-39H. The summed E-state index contributed by atoms with van der Waals surface area (Å²) in [5, 5.41) is 4.79. The number of aromatic nitrogens is 5. The number of benzene rings is 9. The number of hydrogen-bond acceptors (Lipinski definition) is 5. The Morgan fingerprint density at radius 3 is 1.40 bits per heavy atom. The van der Waals surface area contributed by atoms with Crippen LogP contribution in [0.5, 0.6) is 0 Å². The maximum absolute atomic E-state index is 5.40. The molecule has 68 heavy (non-hydrogen) atoms. The molecular weight excluding hydrogens is 847 g/mol. The van der Waals surface area contributed by atoms with E-state index in [-0.39, 0.29) is 0 Å². The summed E-state index contributed by atoms with van der Waals surface area (Å²) >= 11 is 1.85. The molecule has 5 nitrogen and oxygen atoms in total. The predicted octanol–water partition coefficient (Wildman–Crippen LogP) is 16.4. The zero-order chi connectivity index (χ0) is 45.0. The van der Waals surface area contributed by atoms with Crippen LogP contribution in [0.4, 0.5) is 0 Å². The third-order valence-electron chi connectivity index (χ3n) is 12.9. The summed E-state index contributed by atoms with van der Waals surface area (Å²) in [6.45, 7) is 0. The fourth-order valence-corrected chi connectivity index (χ4v) is 11.0. The molecule has 318 valence electrons. The molecule has 0 unspecified atom stereocenters. The second-order valence-electron chi connectivity index (χ2n) is 17.0. The van der Waals surface area contributed by atoms with E-state index in [1.54, 1.807) is 0 Å². The lowest BCUT2D eigenvalue weighted by atomic mass is 9.94. The molecule has 0 spiro atoms. The Kier molecular flexibility index (Phi) is 9.62. The third kappa shape index (κ3) is 6.86. The minimum atomic E-state index is 0.615. The van der Waals surface area contributed by atoms with Gasteiger partial charge >= 0.3 is 0 Å². The summed E-state index contributed by atoms with van der Waals surface area (Å²) in [4.78, 5) is 21.9. The lowest BCUT2D eigenvalue weighted by Gasteiger charge is -2.12. The van der Waals surface area contributed by atoms with Gasteiger partial charge in [-0.15, -0.1) is 11.3 Å². The summed E-state index contributed by atoms with van der Waals surface area (Å²) < 4.78 is 3.57. The zero-order valence-corrected chi connectivity index (χ0v) is 37.5. The number of nitrogens with zero attached hydrogens (tertiary/aromatic N) is 5. The molecule has 0 saturated heterocycles. The first-order valence-corrected chi connectivity index (χ1v) is 23.6. The molecule has 0 aliphatic carbocycles. The second-order valence-corrected chi connectivity index (χ2v) is 18.0. The van der Waals surface area contributed by atoms with Gasteiger partial charge < -0.3 is 4.57 Å². The van der Waals surface area contributed by atoms with Crippen LogP contribution in [0.2, 0.25) is 0 Å². The summed E-state index contributed by atoms with van der Waals surface area (Å²) in [7, 11) is 0. The zero-order valence-electron chi connectivity index (χ0n) is 36.7. The van der Waals surface area contributed by atoms with Crippen LogP contribution in [0.25, 0.3) is 127 Å². The molecule has 0 aliphatic heterocycles. The highest BCUT2D eigenvalue weighted by atomic mass is 32.1. The van der Waals surface area contributed by atoms with Crippen molar-refractivity contribution in [1.82, 2.24) is 24.5 Å². The molecule has 4 heterocycles. The first kappa shape index (κ1) is 39.5. The maximum atomic E-state index is 5.40. The summed E-state index contributed by atoms with van der Waals surface area (Å²) in [6, 6.07) is 83.2. The number of thiophene rings is 1. The smallest absolute Gasteiger partial charge is 0.164 e. The molecule has 4 aromatic heterocycles. The normalized spacial score (nSPS) is 11.5. The van der Waals surface area contributed by atoms with Crippen molar-refractivity contribution in [3.8, 4) is 83.8 Å². The Morgan fingerprint density at radius 1 is 0.324 bits per heavy atom. The van der Waals surface area contributed by atoms with Crippen molar-refractivity contribution in [2.45, 2.75) is 0 Å². The van der Waals surface area contributed by atoms with Crippen LogP contribution >= 0.6 is 11.3 Å². The van der Waals surface area contributed by atoms with Gasteiger partial charge in [0.2, 0.25) is 0 Å². The van der Waals surface area contributed by atoms with Crippen LogP contribution in [0.1, 0.15) is 0 Å². The SMILES string of the molecule is c1ccc(-c2nc(-c3ccc(-c4ccc(-c5nc6ccccc6c6sc(-c7ccccc7)c(-c7ccccc7)c56)cc4)cc3)nc(-c3cccc(-n4c5ccccc5c5ccccc54)c3)n2)cc1. The molecule has 0 aliphatic rings. The number of para-hydroxylation sites is 3. The van der Waals surface area contributed by atoms with E-state index in [1.807, 2.05) is 41.7 Å². The van der Waals surface area contributed by atoms with Gasteiger partial charge in [-0.1, -0.05) is 206 Å². The summed E-state index contributed by atoms with van der Waals surface area (Å²) in [5.74, 6) is 1.86. The van der Waals surface area contributed by atoms with Crippen molar-refractivity contribution in [1.29, 1.82) is 0 Å². The van der Waals surface area contributed by atoms with Crippen molar-refractivity contribution >= 4 is 54.1 Å². The monoisotopic (exact) mass is 885 g/mol. The number of rotatable bonds is 8. The van der Waals surface area contributed by atoms with Crippen molar-refractivity contribution < 1.29 is 0 Å². The maximum Gasteiger partial charge on any atom is 0.164 e. The van der Waals surface area contributed by atoms with Crippen molar-refractivity contribution in [2.24, 2.45) is 0 Å². The summed E-state index contributed by atoms with van der Waals surface area (Å²) in [6.07, 6.45) is 0. The highest BCUT2D eigenvalue weighted by molar-refractivity contribution is 7.24. The first-order chi connectivity index (χ1) is 33.7. The Balaban J connectivity index is 0.879. The Hall–Kier alpha value is -8.84. The van der Waals surface area contributed by atoms with Gasteiger partial charge in [-0.25, -0.2) is 19.9 Å². The van der Waals surface area contributed by atoms with Crippen LogP contribution in [0.3, 0.4) is 0 Å². The number of fused-ring (bicyclic) bond motifs is 6. The van der Waals surface area contributed by atoms with Crippen molar-refractivity contribution in [2.75, 3.05) is 0 Å². The van der Waals surface area contributed by atoms with Gasteiger partial charge in [0.1, 0.15) is 0 Å². The molecule has 0 radical (unpaired) electrons. The van der Waals surface area contributed by atoms with Crippen LogP contribution in [-0.4, -0.2) is 24.5 Å². The van der Waals surface area contributed by atoms with E-state index < -0.39 is 0 Å². The van der Waals surface area contributed by atoms with Crippen LogP contribution in [-0.2, 0) is 0 Å². The van der Waals surface area contributed by atoms with E-state index in [9.17, 15) is 0 Å². The lowest BCUT2D eigenvalue weighted by Crippen LogP contribution is -2.01. The Labute approximate surface area is 397 Å². The number of hydrogen-bond donors (Lipinski definition) is 0.